The molecule has 2 heterocycles. The van der Waals surface area contributed by atoms with Crippen molar-refractivity contribution >= 4 is 21.8 Å². The van der Waals surface area contributed by atoms with Crippen LogP contribution < -0.4 is 0 Å². The third kappa shape index (κ3) is 4.40. The molecular weight excluding hydrogens is 597 g/mol. The van der Waals surface area contributed by atoms with Gasteiger partial charge in [-0.15, -0.1) is 0 Å². The number of benzene rings is 6. The highest BCUT2D eigenvalue weighted by atomic mass is 15.1. The van der Waals surface area contributed by atoms with E-state index in [9.17, 15) is 0 Å². The van der Waals surface area contributed by atoms with E-state index in [1.165, 1.54) is 38.5 Å². The molecule has 6 aromatic carbocycles. The number of nitrogens with zero attached hydrogens (tertiary/aromatic N) is 4. The maximum atomic E-state index is 5.13. The number of hydrogen-bond donors (Lipinski definition) is 0. The van der Waals surface area contributed by atoms with Crippen molar-refractivity contribution in [2.75, 3.05) is 0 Å². The smallest absolute Gasteiger partial charge is 0.166 e. The second kappa shape index (κ2) is 10.8. The number of aromatic nitrogens is 4. The zero-order valence-corrected chi connectivity index (χ0v) is 28.1. The quantitative estimate of drug-likeness (QED) is 0.194. The van der Waals surface area contributed by atoms with Gasteiger partial charge in [0.1, 0.15) is 0 Å². The van der Waals surface area contributed by atoms with Crippen molar-refractivity contribution in [1.82, 2.24) is 19.5 Å². The van der Waals surface area contributed by atoms with E-state index in [0.717, 1.165) is 27.9 Å². The van der Waals surface area contributed by atoms with E-state index in [2.05, 4.69) is 141 Å². The number of para-hydroxylation sites is 2. The minimum atomic E-state index is -0.116. The van der Waals surface area contributed by atoms with Gasteiger partial charge in [0.25, 0.3) is 0 Å². The van der Waals surface area contributed by atoms with E-state index in [1.54, 1.807) is 0 Å². The molecule has 0 amide bonds. The van der Waals surface area contributed by atoms with E-state index >= 15 is 0 Å². The van der Waals surface area contributed by atoms with Crippen LogP contribution in [0.15, 0.2) is 146 Å². The Morgan fingerprint density at radius 2 is 0.939 bits per heavy atom. The van der Waals surface area contributed by atoms with E-state index in [0.29, 0.717) is 17.5 Å². The molecule has 2 aromatic heterocycles. The first-order valence-corrected chi connectivity index (χ1v) is 17.0. The second-order valence-corrected chi connectivity index (χ2v) is 14.1. The van der Waals surface area contributed by atoms with Gasteiger partial charge in [0.15, 0.2) is 17.5 Å². The fourth-order valence-electron chi connectivity index (χ4n) is 7.74. The van der Waals surface area contributed by atoms with Crippen molar-refractivity contribution < 1.29 is 0 Å². The zero-order chi connectivity index (χ0) is 33.3. The molecule has 0 radical (unpaired) electrons. The lowest BCUT2D eigenvalue weighted by molar-refractivity contribution is 0.299. The Morgan fingerprint density at radius 3 is 1.63 bits per heavy atom. The van der Waals surface area contributed by atoms with Gasteiger partial charge in [0, 0.05) is 27.5 Å². The molecule has 9 rings (SSSR count). The molecule has 0 saturated carbocycles. The molecule has 0 spiro atoms. The van der Waals surface area contributed by atoms with Gasteiger partial charge in [0.2, 0.25) is 0 Å². The van der Waals surface area contributed by atoms with Crippen LogP contribution in [-0.2, 0) is 10.8 Å². The van der Waals surface area contributed by atoms with Crippen molar-refractivity contribution in [2.24, 2.45) is 0 Å². The fourth-order valence-corrected chi connectivity index (χ4v) is 7.74. The first-order valence-electron chi connectivity index (χ1n) is 17.0. The maximum Gasteiger partial charge on any atom is 0.166 e. The van der Waals surface area contributed by atoms with Crippen LogP contribution in [0.2, 0.25) is 0 Å². The summed E-state index contributed by atoms with van der Waals surface area (Å²) in [5.41, 5.74) is 11.5. The Bertz CT molecular complexity index is 2480. The average Bonchev–Trinajstić information content (AvgIpc) is 3.47. The zero-order valence-electron chi connectivity index (χ0n) is 28.1. The van der Waals surface area contributed by atoms with Crippen molar-refractivity contribution in [3.63, 3.8) is 0 Å². The Morgan fingerprint density at radius 1 is 0.408 bits per heavy atom. The van der Waals surface area contributed by atoms with Crippen LogP contribution in [0.25, 0.3) is 72.8 Å². The van der Waals surface area contributed by atoms with E-state index in [-0.39, 0.29) is 10.8 Å². The summed E-state index contributed by atoms with van der Waals surface area (Å²) in [4.78, 5) is 15.2. The lowest BCUT2D eigenvalue weighted by Crippen LogP contribution is -2.43. The molecule has 0 N–H and O–H groups in total. The van der Waals surface area contributed by atoms with Gasteiger partial charge in [-0.25, -0.2) is 15.0 Å². The van der Waals surface area contributed by atoms with Gasteiger partial charge >= 0.3 is 0 Å². The maximum absolute atomic E-state index is 5.13. The number of hydrogen-bond acceptors (Lipinski definition) is 3. The first-order chi connectivity index (χ1) is 23.8. The molecule has 0 saturated heterocycles. The highest BCUT2D eigenvalue weighted by Crippen LogP contribution is 2.55. The number of fused-ring (bicyclic) bond motifs is 6. The summed E-state index contributed by atoms with van der Waals surface area (Å²) >= 11 is 0. The third-order valence-electron chi connectivity index (χ3n) is 11.0. The average molecular weight is 633 g/mol. The molecule has 8 aromatic rings. The first kappa shape index (κ1) is 29.3. The van der Waals surface area contributed by atoms with Crippen molar-refractivity contribution in [3.05, 3.63) is 157 Å². The Labute approximate surface area is 286 Å². The summed E-state index contributed by atoms with van der Waals surface area (Å²) in [5.74, 6) is 1.94. The van der Waals surface area contributed by atoms with Gasteiger partial charge in [-0.1, -0.05) is 143 Å². The largest absolute Gasteiger partial charge is 0.308 e. The Kier molecular flexibility index (Phi) is 6.47. The van der Waals surface area contributed by atoms with Gasteiger partial charge in [0.05, 0.1) is 16.7 Å². The molecule has 0 aliphatic heterocycles. The van der Waals surface area contributed by atoms with Crippen LogP contribution in [-0.4, -0.2) is 19.5 Å². The predicted molar refractivity (Wildman–Crippen MR) is 202 cm³/mol. The summed E-state index contributed by atoms with van der Waals surface area (Å²) in [7, 11) is 0. The van der Waals surface area contributed by atoms with Crippen molar-refractivity contribution in [2.45, 2.75) is 38.5 Å². The lowest BCUT2D eigenvalue weighted by Gasteiger charge is -2.48. The topological polar surface area (TPSA) is 43.6 Å². The predicted octanol–water partition coefficient (Wildman–Crippen LogP) is 11.2. The Balaban J connectivity index is 1.34. The van der Waals surface area contributed by atoms with E-state index in [4.69, 9.17) is 15.0 Å². The van der Waals surface area contributed by atoms with Gasteiger partial charge < -0.3 is 4.57 Å². The highest BCUT2D eigenvalue weighted by molar-refractivity contribution is 6.11. The molecule has 4 nitrogen and oxygen atoms in total. The molecule has 49 heavy (non-hydrogen) atoms. The number of rotatable bonds is 4. The minimum Gasteiger partial charge on any atom is -0.308 e. The fraction of sp³-hybridized carbons (Fsp3) is 0.133. The minimum absolute atomic E-state index is 0.0639. The molecule has 0 atom stereocenters. The van der Waals surface area contributed by atoms with Gasteiger partial charge in [-0.3, -0.25) is 0 Å². The van der Waals surface area contributed by atoms with Crippen LogP contribution in [0.5, 0.6) is 0 Å². The van der Waals surface area contributed by atoms with Crippen LogP contribution in [0, 0.1) is 0 Å². The molecule has 1 aliphatic carbocycles. The van der Waals surface area contributed by atoms with Gasteiger partial charge in [-0.05, 0) is 63.4 Å². The SMILES string of the molecule is CC1(C)c2ccccc2-c2cc3c4ccccc4n(-c4ccccc4-c4nc(-c5ccccc5)nc(-c5ccccc5)n4)c3cc2C1(C)C. The molecule has 4 heteroatoms. The lowest BCUT2D eigenvalue weighted by atomic mass is 9.55. The summed E-state index contributed by atoms with van der Waals surface area (Å²) in [6.45, 7) is 9.57. The van der Waals surface area contributed by atoms with E-state index < -0.39 is 0 Å². The summed E-state index contributed by atoms with van der Waals surface area (Å²) in [5, 5.41) is 2.46. The molecule has 1 aliphatic rings. The molecule has 0 bridgehead atoms. The van der Waals surface area contributed by atoms with Crippen molar-refractivity contribution in [3.8, 4) is 51.0 Å². The second-order valence-electron chi connectivity index (χ2n) is 14.1. The summed E-state index contributed by atoms with van der Waals surface area (Å²) in [6, 6.07) is 51.4. The van der Waals surface area contributed by atoms with Crippen LogP contribution in [0.1, 0.15) is 38.8 Å². The normalized spacial score (nSPS) is 14.4. The van der Waals surface area contributed by atoms with Gasteiger partial charge in [-0.2, -0.15) is 0 Å². The summed E-state index contributed by atoms with van der Waals surface area (Å²) < 4.78 is 2.41. The summed E-state index contributed by atoms with van der Waals surface area (Å²) in [6.07, 6.45) is 0. The molecular formula is C45H36N4. The standard InChI is InChI=1S/C45H36N4/c1-44(2)36-24-14-11-21-31(36)34-27-35-32-22-12-15-25-38(32)49(40(35)28-37(34)45(44,3)4)39-26-16-13-23-33(39)43-47-41(29-17-7-5-8-18-29)46-42(48-43)30-19-9-6-10-20-30/h5-28H,1-4H3. The van der Waals surface area contributed by atoms with Crippen LogP contribution in [0.4, 0.5) is 0 Å². The van der Waals surface area contributed by atoms with E-state index in [1.807, 2.05) is 36.4 Å². The molecule has 0 unspecified atom stereocenters. The third-order valence-corrected chi connectivity index (χ3v) is 11.0. The molecule has 236 valence electrons. The highest BCUT2D eigenvalue weighted by Gasteiger charge is 2.46. The molecule has 0 fully saturated rings. The van der Waals surface area contributed by atoms with Crippen LogP contribution >= 0.6 is 0 Å². The van der Waals surface area contributed by atoms with Crippen molar-refractivity contribution in [1.29, 1.82) is 0 Å². The van der Waals surface area contributed by atoms with Crippen LogP contribution in [0.3, 0.4) is 0 Å². The monoisotopic (exact) mass is 632 g/mol. The Hall–Kier alpha value is -5.87.